The van der Waals surface area contributed by atoms with Gasteiger partial charge in [-0.25, -0.2) is 4.79 Å². The van der Waals surface area contributed by atoms with E-state index in [-0.39, 0.29) is 5.92 Å². The fraction of sp³-hybridized carbons (Fsp3) is 0.538. The molecular formula is C13H19N3O2S. The summed E-state index contributed by atoms with van der Waals surface area (Å²) < 4.78 is 5.16. The molecule has 1 aromatic heterocycles. The van der Waals surface area contributed by atoms with Crippen molar-refractivity contribution in [2.24, 2.45) is 5.73 Å². The highest BCUT2D eigenvalue weighted by Crippen LogP contribution is 2.22. The Morgan fingerprint density at radius 1 is 1.63 bits per heavy atom. The van der Waals surface area contributed by atoms with Gasteiger partial charge < -0.3 is 15.8 Å². The Balaban J connectivity index is 2.54. The zero-order chi connectivity index (χ0) is 14.5. The summed E-state index contributed by atoms with van der Waals surface area (Å²) in [5, 5.41) is 13.3. The van der Waals surface area contributed by atoms with Gasteiger partial charge in [0.2, 0.25) is 0 Å². The molecule has 1 rings (SSSR count). The molecule has 0 aliphatic carbocycles. The lowest BCUT2D eigenvalue weighted by molar-refractivity contribution is 0.0525. The molecule has 104 valence electrons. The molecule has 1 unspecified atom stereocenters. The molecule has 0 saturated heterocycles. The van der Waals surface area contributed by atoms with Gasteiger partial charge in [-0.2, -0.15) is 5.26 Å². The average molecular weight is 281 g/mol. The van der Waals surface area contributed by atoms with Crippen LogP contribution in [0.3, 0.4) is 0 Å². The summed E-state index contributed by atoms with van der Waals surface area (Å²) >= 11 is 1.48. The fourth-order valence-corrected chi connectivity index (χ4v) is 2.40. The Bertz CT molecular complexity index is 471. The first-order chi connectivity index (χ1) is 8.85. The van der Waals surface area contributed by atoms with Gasteiger partial charge in [-0.1, -0.05) is 0 Å². The summed E-state index contributed by atoms with van der Waals surface area (Å²) in [6, 6.07) is 3.88. The molecule has 3 N–H and O–H groups in total. The predicted octanol–water partition coefficient (Wildman–Crippen LogP) is 2.19. The van der Waals surface area contributed by atoms with Crippen LogP contribution in [-0.2, 0) is 4.74 Å². The van der Waals surface area contributed by atoms with Crippen LogP contribution < -0.4 is 11.1 Å². The number of thiophene rings is 1. The first kappa shape index (κ1) is 15.5. The van der Waals surface area contributed by atoms with E-state index in [9.17, 15) is 4.79 Å². The highest BCUT2D eigenvalue weighted by Gasteiger charge is 2.18. The Morgan fingerprint density at radius 2 is 2.32 bits per heavy atom. The van der Waals surface area contributed by atoms with Gasteiger partial charge in [0, 0.05) is 29.3 Å². The average Bonchev–Trinajstić information content (AvgIpc) is 2.76. The third kappa shape index (κ3) is 5.28. The van der Waals surface area contributed by atoms with Crippen molar-refractivity contribution in [3.05, 3.63) is 21.9 Å². The number of carbonyl (C=O) groups is 1. The lowest BCUT2D eigenvalue weighted by Gasteiger charge is -2.21. The molecule has 0 spiro atoms. The van der Waals surface area contributed by atoms with Crippen LogP contribution >= 0.6 is 11.3 Å². The molecule has 0 aliphatic rings. The molecule has 1 amide bonds. The van der Waals surface area contributed by atoms with Gasteiger partial charge in [0.05, 0.1) is 5.56 Å². The summed E-state index contributed by atoms with van der Waals surface area (Å²) in [7, 11) is 0. The number of amides is 1. The smallest absolute Gasteiger partial charge is 0.407 e. The third-order valence-electron chi connectivity index (χ3n) is 2.33. The molecule has 0 aromatic carbocycles. The summed E-state index contributed by atoms with van der Waals surface area (Å²) in [4.78, 5) is 12.5. The summed E-state index contributed by atoms with van der Waals surface area (Å²) in [5.74, 6) is -0.000353. The molecule has 5 nitrogen and oxygen atoms in total. The quantitative estimate of drug-likeness (QED) is 0.885. The summed E-state index contributed by atoms with van der Waals surface area (Å²) in [6.07, 6.45) is -0.456. The molecule has 1 aromatic rings. The molecule has 0 radical (unpaired) electrons. The Labute approximate surface area is 117 Å². The fourth-order valence-electron chi connectivity index (χ4n) is 1.45. The third-order valence-corrected chi connectivity index (χ3v) is 3.42. The number of nitrogens with zero attached hydrogens (tertiary/aromatic N) is 1. The van der Waals surface area contributed by atoms with E-state index in [1.165, 1.54) is 11.3 Å². The number of hydrogen-bond acceptors (Lipinski definition) is 5. The van der Waals surface area contributed by atoms with E-state index in [2.05, 4.69) is 11.4 Å². The number of ether oxygens (including phenoxy) is 1. The van der Waals surface area contributed by atoms with Crippen molar-refractivity contribution < 1.29 is 9.53 Å². The minimum Gasteiger partial charge on any atom is -0.444 e. The van der Waals surface area contributed by atoms with Gasteiger partial charge in [-0.3, -0.25) is 0 Å². The minimum atomic E-state index is -0.515. The van der Waals surface area contributed by atoms with Gasteiger partial charge in [0.1, 0.15) is 11.7 Å². The van der Waals surface area contributed by atoms with Gasteiger partial charge in [-0.05, 0) is 26.8 Å². The van der Waals surface area contributed by atoms with Crippen molar-refractivity contribution in [2.45, 2.75) is 32.3 Å². The second kappa shape index (κ2) is 6.55. The van der Waals surface area contributed by atoms with Crippen LogP contribution in [0.1, 0.15) is 37.1 Å². The van der Waals surface area contributed by atoms with Crippen molar-refractivity contribution in [3.8, 4) is 6.07 Å². The van der Waals surface area contributed by atoms with Crippen molar-refractivity contribution in [2.75, 3.05) is 13.1 Å². The van der Waals surface area contributed by atoms with E-state index < -0.39 is 11.7 Å². The summed E-state index contributed by atoms with van der Waals surface area (Å²) in [5.41, 5.74) is 5.81. The number of alkyl carbamates (subject to hydrolysis) is 1. The van der Waals surface area contributed by atoms with Crippen LogP contribution in [0.15, 0.2) is 11.4 Å². The van der Waals surface area contributed by atoms with Crippen LogP contribution in [0.25, 0.3) is 0 Å². The Hall–Kier alpha value is -1.58. The van der Waals surface area contributed by atoms with Crippen LogP contribution in [0.2, 0.25) is 0 Å². The Morgan fingerprint density at radius 3 is 2.79 bits per heavy atom. The molecule has 0 aliphatic heterocycles. The van der Waals surface area contributed by atoms with E-state index in [1.54, 1.807) is 11.4 Å². The molecule has 19 heavy (non-hydrogen) atoms. The minimum absolute atomic E-state index is 0.000353. The number of hydrogen-bond donors (Lipinski definition) is 2. The maximum absolute atomic E-state index is 11.5. The second-order valence-electron chi connectivity index (χ2n) is 5.16. The first-order valence-electron chi connectivity index (χ1n) is 6.01. The normalized spacial score (nSPS) is 12.6. The number of carbonyl (C=O) groups excluding carboxylic acids is 1. The van der Waals surface area contributed by atoms with E-state index >= 15 is 0 Å². The molecule has 0 fully saturated rings. The van der Waals surface area contributed by atoms with Gasteiger partial charge in [-0.15, -0.1) is 11.3 Å². The van der Waals surface area contributed by atoms with E-state index in [4.69, 9.17) is 15.7 Å². The predicted molar refractivity (Wildman–Crippen MR) is 75.1 cm³/mol. The number of rotatable bonds is 4. The zero-order valence-electron chi connectivity index (χ0n) is 11.4. The lowest BCUT2D eigenvalue weighted by atomic mass is 10.1. The zero-order valence-corrected chi connectivity index (χ0v) is 12.2. The highest BCUT2D eigenvalue weighted by molar-refractivity contribution is 7.10. The highest BCUT2D eigenvalue weighted by atomic mass is 32.1. The molecule has 0 bridgehead atoms. The van der Waals surface area contributed by atoms with E-state index in [1.807, 2.05) is 20.8 Å². The summed E-state index contributed by atoms with van der Waals surface area (Å²) in [6.45, 7) is 6.24. The van der Waals surface area contributed by atoms with Crippen LogP contribution in [-0.4, -0.2) is 24.8 Å². The van der Waals surface area contributed by atoms with Crippen molar-refractivity contribution in [1.29, 1.82) is 5.26 Å². The standard InChI is InChI=1S/C13H19N3O2S/c1-13(2,3)18-12(17)16-7-10(6-15)11-4-9(5-14)8-19-11/h4,8,10H,6-7,15H2,1-3H3,(H,16,17). The van der Waals surface area contributed by atoms with Crippen LogP contribution in [0.5, 0.6) is 0 Å². The van der Waals surface area contributed by atoms with Crippen molar-refractivity contribution in [1.82, 2.24) is 5.32 Å². The monoisotopic (exact) mass is 281 g/mol. The van der Waals surface area contributed by atoms with Gasteiger partial charge >= 0.3 is 6.09 Å². The van der Waals surface area contributed by atoms with Crippen LogP contribution in [0.4, 0.5) is 4.79 Å². The van der Waals surface area contributed by atoms with E-state index in [0.29, 0.717) is 18.7 Å². The molecule has 1 atom stereocenters. The van der Waals surface area contributed by atoms with Gasteiger partial charge in [0.25, 0.3) is 0 Å². The second-order valence-corrected chi connectivity index (χ2v) is 6.11. The largest absolute Gasteiger partial charge is 0.444 e. The lowest BCUT2D eigenvalue weighted by Crippen LogP contribution is -2.36. The SMILES string of the molecule is CC(C)(C)OC(=O)NCC(CN)c1cc(C#N)cs1. The maximum Gasteiger partial charge on any atom is 0.407 e. The van der Waals surface area contributed by atoms with Crippen LogP contribution in [0, 0.1) is 11.3 Å². The number of nitriles is 1. The van der Waals surface area contributed by atoms with E-state index in [0.717, 1.165) is 4.88 Å². The molecule has 1 heterocycles. The number of nitrogens with one attached hydrogen (secondary N) is 1. The molecular weight excluding hydrogens is 262 g/mol. The molecule has 0 saturated carbocycles. The Kier molecular flexibility index (Phi) is 5.33. The maximum atomic E-state index is 11.5. The van der Waals surface area contributed by atoms with Crippen molar-refractivity contribution in [3.63, 3.8) is 0 Å². The topological polar surface area (TPSA) is 88.1 Å². The first-order valence-corrected chi connectivity index (χ1v) is 6.89. The molecule has 6 heteroatoms. The van der Waals surface area contributed by atoms with Crippen molar-refractivity contribution >= 4 is 17.4 Å². The van der Waals surface area contributed by atoms with Gasteiger partial charge in [0.15, 0.2) is 0 Å². The number of nitrogens with two attached hydrogens (primary N) is 1.